The summed E-state index contributed by atoms with van der Waals surface area (Å²) in [5.41, 5.74) is 0. The van der Waals surface area contributed by atoms with Crippen LogP contribution in [0.5, 0.6) is 5.75 Å². The molecule has 1 aromatic heterocycles. The smallest absolute Gasteiger partial charge is 0.258 e. The summed E-state index contributed by atoms with van der Waals surface area (Å²) in [6, 6.07) is 3.50. The molecule has 2 aromatic rings. The van der Waals surface area contributed by atoms with E-state index in [1.54, 1.807) is 12.3 Å². The average molecular weight is 461 g/mol. The van der Waals surface area contributed by atoms with Gasteiger partial charge in [-0.1, -0.05) is 58.0 Å². The van der Waals surface area contributed by atoms with E-state index in [0.717, 1.165) is 5.76 Å². The van der Waals surface area contributed by atoms with Gasteiger partial charge in [0.15, 0.2) is 12.4 Å². The molecule has 0 bridgehead atoms. The third-order valence-corrected chi connectivity index (χ3v) is 5.75. The molecular formula is C16H15Cl5N2O3. The second kappa shape index (κ2) is 9.40. The molecule has 10 heteroatoms. The summed E-state index contributed by atoms with van der Waals surface area (Å²) < 4.78 is 10.8. The van der Waals surface area contributed by atoms with Gasteiger partial charge >= 0.3 is 0 Å². The lowest BCUT2D eigenvalue weighted by molar-refractivity contribution is -0.123. The predicted molar refractivity (Wildman–Crippen MR) is 105 cm³/mol. The van der Waals surface area contributed by atoms with Crippen molar-refractivity contribution in [1.82, 2.24) is 10.2 Å². The van der Waals surface area contributed by atoms with Crippen molar-refractivity contribution < 1.29 is 13.9 Å². The fraction of sp³-hybridized carbons (Fsp3) is 0.312. The number of rotatable bonds is 7. The minimum absolute atomic E-state index is 0.00178. The van der Waals surface area contributed by atoms with Crippen molar-refractivity contribution in [3.05, 3.63) is 49.3 Å². The highest BCUT2D eigenvalue weighted by Crippen LogP contribution is 2.48. The van der Waals surface area contributed by atoms with Gasteiger partial charge < -0.3 is 14.5 Å². The molecule has 0 saturated heterocycles. The molecular weight excluding hydrogens is 445 g/mol. The van der Waals surface area contributed by atoms with Crippen LogP contribution in [0.1, 0.15) is 11.8 Å². The number of furan rings is 1. The second-order valence-corrected chi connectivity index (χ2v) is 7.38. The van der Waals surface area contributed by atoms with Crippen LogP contribution in [-0.2, 0) is 4.79 Å². The highest BCUT2D eigenvalue weighted by molar-refractivity contribution is 6.55. The van der Waals surface area contributed by atoms with E-state index in [0.29, 0.717) is 6.54 Å². The molecule has 1 atom stereocenters. The van der Waals surface area contributed by atoms with Crippen LogP contribution in [0.15, 0.2) is 22.8 Å². The first-order chi connectivity index (χ1) is 12.2. The minimum Gasteiger partial charge on any atom is -0.481 e. The summed E-state index contributed by atoms with van der Waals surface area (Å²) in [5, 5.41) is 2.76. The van der Waals surface area contributed by atoms with Crippen LogP contribution in [-0.4, -0.2) is 38.1 Å². The molecule has 0 aliphatic carbocycles. The van der Waals surface area contributed by atoms with Gasteiger partial charge in [0.25, 0.3) is 5.91 Å². The molecule has 0 saturated carbocycles. The minimum atomic E-state index is -0.377. The molecule has 1 unspecified atom stereocenters. The van der Waals surface area contributed by atoms with Crippen molar-refractivity contribution in [1.29, 1.82) is 0 Å². The van der Waals surface area contributed by atoms with Crippen molar-refractivity contribution in [3.63, 3.8) is 0 Å². The molecule has 1 N–H and O–H groups in total. The molecule has 1 aromatic carbocycles. The van der Waals surface area contributed by atoms with Crippen molar-refractivity contribution >= 4 is 63.9 Å². The summed E-state index contributed by atoms with van der Waals surface area (Å²) in [4.78, 5) is 14.0. The number of ether oxygens (including phenoxy) is 1. The molecule has 26 heavy (non-hydrogen) atoms. The Kier molecular flexibility index (Phi) is 7.76. The molecule has 0 aliphatic rings. The standard InChI is InChI=1S/C16H15Cl5N2O3/c1-23(2)8(9-4-3-5-25-9)6-22-10(24)7-26-16-14(20)12(18)11(17)13(19)15(16)21/h3-5,8H,6-7H2,1-2H3,(H,22,24). The molecule has 0 radical (unpaired) electrons. The first-order valence-electron chi connectivity index (χ1n) is 7.34. The van der Waals surface area contributed by atoms with E-state index >= 15 is 0 Å². The van der Waals surface area contributed by atoms with Gasteiger partial charge in [0.2, 0.25) is 0 Å². The van der Waals surface area contributed by atoms with Gasteiger partial charge in [-0.25, -0.2) is 0 Å². The molecule has 1 heterocycles. The van der Waals surface area contributed by atoms with Crippen molar-refractivity contribution in [2.45, 2.75) is 6.04 Å². The van der Waals surface area contributed by atoms with Gasteiger partial charge in [0, 0.05) is 6.54 Å². The van der Waals surface area contributed by atoms with E-state index in [2.05, 4.69) is 5.32 Å². The maximum absolute atomic E-state index is 12.1. The Labute approximate surface area is 176 Å². The Morgan fingerprint density at radius 3 is 2.19 bits per heavy atom. The third-order valence-electron chi connectivity index (χ3n) is 3.50. The fourth-order valence-electron chi connectivity index (χ4n) is 2.13. The summed E-state index contributed by atoms with van der Waals surface area (Å²) in [5.74, 6) is 0.356. The van der Waals surface area contributed by atoms with Gasteiger partial charge in [-0.15, -0.1) is 0 Å². The average Bonchev–Trinajstić information content (AvgIpc) is 3.12. The predicted octanol–water partition coefficient (Wildman–Crippen LogP) is 5.34. The first-order valence-corrected chi connectivity index (χ1v) is 9.23. The Hall–Kier alpha value is -0.820. The fourth-order valence-corrected chi connectivity index (χ4v) is 3.36. The van der Waals surface area contributed by atoms with Crippen molar-refractivity contribution in [3.8, 4) is 5.75 Å². The van der Waals surface area contributed by atoms with E-state index in [9.17, 15) is 4.79 Å². The topological polar surface area (TPSA) is 54.7 Å². The number of carbonyl (C=O) groups is 1. The zero-order valence-corrected chi connectivity index (χ0v) is 17.6. The lowest BCUT2D eigenvalue weighted by Crippen LogP contribution is -2.36. The highest BCUT2D eigenvalue weighted by atomic mass is 35.5. The molecule has 142 valence electrons. The van der Waals surface area contributed by atoms with Crippen LogP contribution in [0.4, 0.5) is 0 Å². The van der Waals surface area contributed by atoms with Gasteiger partial charge in [0.05, 0.1) is 27.4 Å². The summed E-state index contributed by atoms with van der Waals surface area (Å²) in [6.45, 7) is -0.00165. The Morgan fingerprint density at radius 2 is 1.69 bits per heavy atom. The van der Waals surface area contributed by atoms with Crippen LogP contribution >= 0.6 is 58.0 Å². The molecule has 0 fully saturated rings. The second-order valence-electron chi connectivity index (χ2n) is 5.49. The summed E-state index contributed by atoms with van der Waals surface area (Å²) >= 11 is 30.0. The molecule has 2 rings (SSSR count). The van der Waals surface area contributed by atoms with Gasteiger partial charge in [0.1, 0.15) is 15.8 Å². The van der Waals surface area contributed by atoms with Crippen LogP contribution in [0, 0.1) is 0 Å². The van der Waals surface area contributed by atoms with Crippen LogP contribution in [0.25, 0.3) is 0 Å². The molecule has 0 aliphatic heterocycles. The van der Waals surface area contributed by atoms with Crippen molar-refractivity contribution in [2.24, 2.45) is 0 Å². The zero-order chi connectivity index (χ0) is 19.4. The van der Waals surface area contributed by atoms with Crippen LogP contribution < -0.4 is 10.1 Å². The van der Waals surface area contributed by atoms with Crippen LogP contribution in [0.3, 0.4) is 0 Å². The van der Waals surface area contributed by atoms with Gasteiger partial charge in [-0.3, -0.25) is 9.69 Å². The van der Waals surface area contributed by atoms with Crippen LogP contribution in [0.2, 0.25) is 25.1 Å². The van der Waals surface area contributed by atoms with E-state index in [4.69, 9.17) is 67.2 Å². The number of nitrogens with zero attached hydrogens (tertiary/aromatic N) is 1. The van der Waals surface area contributed by atoms with E-state index in [1.165, 1.54) is 0 Å². The number of carbonyl (C=O) groups excluding carboxylic acids is 1. The normalized spacial score (nSPS) is 12.3. The van der Waals surface area contributed by atoms with E-state index in [-0.39, 0.29) is 49.4 Å². The monoisotopic (exact) mass is 458 g/mol. The lowest BCUT2D eigenvalue weighted by atomic mass is 10.2. The Bertz CT molecular complexity index is 752. The number of hydrogen-bond acceptors (Lipinski definition) is 4. The maximum Gasteiger partial charge on any atom is 0.258 e. The molecule has 1 amide bonds. The lowest BCUT2D eigenvalue weighted by Gasteiger charge is -2.22. The van der Waals surface area contributed by atoms with Gasteiger partial charge in [-0.05, 0) is 26.2 Å². The maximum atomic E-state index is 12.1. The summed E-state index contributed by atoms with van der Waals surface area (Å²) in [6.07, 6.45) is 1.58. The Morgan fingerprint density at radius 1 is 1.12 bits per heavy atom. The first kappa shape index (κ1) is 21.5. The number of halogens is 5. The van der Waals surface area contributed by atoms with Crippen molar-refractivity contribution in [2.75, 3.05) is 27.2 Å². The largest absolute Gasteiger partial charge is 0.481 e. The summed E-state index contributed by atoms with van der Waals surface area (Å²) in [7, 11) is 3.76. The SMILES string of the molecule is CN(C)C(CNC(=O)COc1c(Cl)c(Cl)c(Cl)c(Cl)c1Cl)c1ccco1. The quantitative estimate of drug-likeness (QED) is 0.447. The number of nitrogens with one attached hydrogen (secondary N) is 1. The highest BCUT2D eigenvalue weighted by Gasteiger charge is 2.22. The van der Waals surface area contributed by atoms with E-state index < -0.39 is 0 Å². The zero-order valence-electron chi connectivity index (χ0n) is 13.8. The molecule has 5 nitrogen and oxygen atoms in total. The van der Waals surface area contributed by atoms with E-state index in [1.807, 2.05) is 25.1 Å². The number of benzene rings is 1. The number of hydrogen-bond donors (Lipinski definition) is 1. The van der Waals surface area contributed by atoms with Gasteiger partial charge in [-0.2, -0.15) is 0 Å². The number of amides is 1. The third kappa shape index (κ3) is 4.91. The Balaban J connectivity index is 1.99. The molecule has 0 spiro atoms. The number of likely N-dealkylation sites (N-methyl/N-ethyl adjacent to an activating group) is 1.